The van der Waals surface area contributed by atoms with E-state index in [4.69, 9.17) is 34.8 Å². The molecule has 0 aliphatic carbocycles. The van der Waals surface area contributed by atoms with Crippen molar-refractivity contribution in [3.8, 4) is 0 Å². The molecule has 0 fully saturated rings. The Morgan fingerprint density at radius 3 is 2.11 bits per heavy atom. The van der Waals surface area contributed by atoms with Gasteiger partial charge in [0.2, 0.25) is 0 Å². The van der Waals surface area contributed by atoms with Crippen molar-refractivity contribution in [2.45, 2.75) is 26.8 Å². The molecule has 5 heteroatoms. The molecule has 0 aliphatic heterocycles. The molecule has 0 saturated carbocycles. The van der Waals surface area contributed by atoms with Crippen LogP contribution in [0.4, 0.5) is 5.69 Å². The summed E-state index contributed by atoms with van der Waals surface area (Å²) in [5.74, 6) is 0. The summed E-state index contributed by atoms with van der Waals surface area (Å²) in [7, 11) is 0. The van der Waals surface area contributed by atoms with Gasteiger partial charge in [-0.05, 0) is 44.5 Å². The Bertz CT molecular complexity index is 584. The first-order valence-electron chi connectivity index (χ1n) is 5.86. The minimum atomic E-state index is 0.140. The molecule has 1 aromatic heterocycles. The minimum Gasteiger partial charge on any atom is -0.376 e. The van der Waals surface area contributed by atoms with E-state index in [-0.39, 0.29) is 6.04 Å². The molecule has 2 rings (SSSR count). The highest BCUT2D eigenvalue weighted by Gasteiger charge is 2.15. The number of thiophene rings is 1. The average Bonchev–Trinajstić information content (AvgIpc) is 2.62. The fourth-order valence-electron chi connectivity index (χ4n) is 2.05. The van der Waals surface area contributed by atoms with Crippen LogP contribution in [0.1, 0.15) is 28.3 Å². The van der Waals surface area contributed by atoms with Gasteiger partial charge < -0.3 is 5.32 Å². The average molecular weight is 335 g/mol. The van der Waals surface area contributed by atoms with Gasteiger partial charge in [0.05, 0.1) is 15.7 Å². The molecule has 1 unspecified atom stereocenters. The molecule has 1 N–H and O–H groups in total. The van der Waals surface area contributed by atoms with Gasteiger partial charge >= 0.3 is 0 Å². The Kier molecular flexibility index (Phi) is 4.67. The summed E-state index contributed by atoms with van der Waals surface area (Å²) in [5, 5.41) is 4.97. The highest BCUT2D eigenvalue weighted by molar-refractivity contribution is 7.12. The van der Waals surface area contributed by atoms with Gasteiger partial charge in [-0.1, -0.05) is 34.8 Å². The molecule has 1 heterocycles. The molecule has 102 valence electrons. The lowest BCUT2D eigenvalue weighted by atomic mass is 10.1. The summed E-state index contributed by atoms with van der Waals surface area (Å²) in [6.45, 7) is 6.32. The van der Waals surface area contributed by atoms with Crippen LogP contribution in [-0.4, -0.2) is 0 Å². The van der Waals surface area contributed by atoms with Gasteiger partial charge in [0, 0.05) is 20.8 Å². The largest absolute Gasteiger partial charge is 0.376 e. The van der Waals surface area contributed by atoms with Gasteiger partial charge in [-0.2, -0.15) is 0 Å². The number of nitrogens with one attached hydrogen (secondary N) is 1. The van der Waals surface area contributed by atoms with Crippen molar-refractivity contribution in [1.82, 2.24) is 0 Å². The second-order valence-electron chi connectivity index (χ2n) is 4.48. The topological polar surface area (TPSA) is 12.0 Å². The predicted molar refractivity (Wildman–Crippen MR) is 87.3 cm³/mol. The van der Waals surface area contributed by atoms with E-state index in [1.54, 1.807) is 23.5 Å². The van der Waals surface area contributed by atoms with Crippen LogP contribution in [0.3, 0.4) is 0 Å². The Balaban J connectivity index is 2.29. The summed E-state index contributed by atoms with van der Waals surface area (Å²) in [6.07, 6.45) is 0. The van der Waals surface area contributed by atoms with Crippen LogP contribution in [0.25, 0.3) is 0 Å². The van der Waals surface area contributed by atoms with Gasteiger partial charge in [0.15, 0.2) is 0 Å². The molecule has 2 aromatic rings. The van der Waals surface area contributed by atoms with Crippen LogP contribution >= 0.6 is 46.1 Å². The molecule has 0 bridgehead atoms. The maximum atomic E-state index is 6.18. The summed E-state index contributed by atoms with van der Waals surface area (Å²) >= 11 is 20.1. The zero-order valence-corrected chi connectivity index (χ0v) is 13.9. The standard InChI is InChI=1S/C14H14Cl3NS/c1-7-4-11(9(3)19-7)8(2)18-14-12(16)5-10(15)6-13(14)17/h4-6,8,18H,1-3H3. The second-order valence-corrected chi connectivity index (χ2v) is 7.19. The van der Waals surface area contributed by atoms with Gasteiger partial charge in [0.1, 0.15) is 0 Å². The Morgan fingerprint density at radius 2 is 1.63 bits per heavy atom. The smallest absolute Gasteiger partial charge is 0.0724 e. The number of aryl methyl sites for hydroxylation is 2. The highest BCUT2D eigenvalue weighted by Crippen LogP contribution is 2.37. The number of halogens is 3. The van der Waals surface area contributed by atoms with Gasteiger partial charge in [-0.3, -0.25) is 0 Å². The third kappa shape index (κ3) is 3.38. The first-order valence-corrected chi connectivity index (χ1v) is 7.81. The van der Waals surface area contributed by atoms with E-state index in [9.17, 15) is 0 Å². The van der Waals surface area contributed by atoms with Gasteiger partial charge in [-0.15, -0.1) is 11.3 Å². The molecular weight excluding hydrogens is 321 g/mol. The summed E-state index contributed by atoms with van der Waals surface area (Å²) in [5.41, 5.74) is 1.99. The Morgan fingerprint density at radius 1 is 1.05 bits per heavy atom. The first-order chi connectivity index (χ1) is 8.88. The van der Waals surface area contributed by atoms with Crippen molar-refractivity contribution < 1.29 is 0 Å². The quantitative estimate of drug-likeness (QED) is 0.675. The monoisotopic (exact) mass is 333 g/mol. The second kappa shape index (κ2) is 5.92. The van der Waals surface area contributed by atoms with Crippen molar-refractivity contribution in [3.05, 3.63) is 48.6 Å². The van der Waals surface area contributed by atoms with Gasteiger partial charge in [-0.25, -0.2) is 0 Å². The highest BCUT2D eigenvalue weighted by atomic mass is 35.5. The molecular formula is C14H14Cl3NS. The van der Waals surface area contributed by atoms with E-state index < -0.39 is 0 Å². The minimum absolute atomic E-state index is 0.140. The molecule has 1 aromatic carbocycles. The van der Waals surface area contributed by atoms with Crippen LogP contribution in [0.5, 0.6) is 0 Å². The van der Waals surface area contributed by atoms with E-state index >= 15 is 0 Å². The summed E-state index contributed by atoms with van der Waals surface area (Å²) in [6, 6.07) is 5.71. The van der Waals surface area contributed by atoms with Crippen LogP contribution in [-0.2, 0) is 0 Å². The summed E-state index contributed by atoms with van der Waals surface area (Å²) in [4.78, 5) is 2.60. The third-order valence-electron chi connectivity index (χ3n) is 2.91. The molecule has 0 radical (unpaired) electrons. The zero-order valence-electron chi connectivity index (χ0n) is 10.9. The molecule has 0 saturated heterocycles. The normalized spacial score (nSPS) is 12.5. The predicted octanol–water partition coefficient (Wildman–Crippen LogP) is 6.50. The lowest BCUT2D eigenvalue weighted by Crippen LogP contribution is -2.07. The fraction of sp³-hybridized carbons (Fsp3) is 0.286. The Hall–Kier alpha value is -0.410. The molecule has 0 spiro atoms. The van der Waals surface area contributed by atoms with Crippen LogP contribution in [0, 0.1) is 13.8 Å². The van der Waals surface area contributed by atoms with Crippen molar-refractivity contribution >= 4 is 51.8 Å². The molecule has 1 nitrogen and oxygen atoms in total. The number of hydrogen-bond donors (Lipinski definition) is 1. The number of benzene rings is 1. The van der Waals surface area contributed by atoms with Crippen LogP contribution < -0.4 is 5.32 Å². The van der Waals surface area contributed by atoms with E-state index in [0.29, 0.717) is 15.1 Å². The van der Waals surface area contributed by atoms with Crippen molar-refractivity contribution in [2.24, 2.45) is 0 Å². The molecule has 0 amide bonds. The number of hydrogen-bond acceptors (Lipinski definition) is 2. The maximum absolute atomic E-state index is 6.18. The molecule has 19 heavy (non-hydrogen) atoms. The van der Waals surface area contributed by atoms with Crippen LogP contribution in [0.2, 0.25) is 15.1 Å². The third-order valence-corrected chi connectivity index (χ3v) is 4.71. The van der Waals surface area contributed by atoms with Crippen molar-refractivity contribution in [2.75, 3.05) is 5.32 Å². The van der Waals surface area contributed by atoms with E-state index in [2.05, 4.69) is 32.2 Å². The molecule has 0 aliphatic rings. The van der Waals surface area contributed by atoms with E-state index in [1.165, 1.54) is 15.3 Å². The first kappa shape index (κ1) is 15.0. The summed E-state index contributed by atoms with van der Waals surface area (Å²) < 4.78 is 0. The van der Waals surface area contributed by atoms with Crippen LogP contribution in [0.15, 0.2) is 18.2 Å². The number of rotatable bonds is 3. The Labute approximate surface area is 132 Å². The van der Waals surface area contributed by atoms with E-state index in [0.717, 1.165) is 5.69 Å². The lowest BCUT2D eigenvalue weighted by molar-refractivity contribution is 0.882. The van der Waals surface area contributed by atoms with Gasteiger partial charge in [0.25, 0.3) is 0 Å². The molecule has 1 atom stereocenters. The number of anilines is 1. The van der Waals surface area contributed by atoms with Crippen molar-refractivity contribution in [1.29, 1.82) is 0 Å². The fourth-order valence-corrected chi connectivity index (χ4v) is 4.00. The lowest BCUT2D eigenvalue weighted by Gasteiger charge is -2.18. The zero-order chi connectivity index (χ0) is 14.2. The van der Waals surface area contributed by atoms with E-state index in [1.807, 2.05) is 0 Å². The van der Waals surface area contributed by atoms with Crippen molar-refractivity contribution in [3.63, 3.8) is 0 Å². The maximum Gasteiger partial charge on any atom is 0.0724 e. The SMILES string of the molecule is Cc1cc(C(C)Nc2c(Cl)cc(Cl)cc2Cl)c(C)s1.